The zero-order valence-electron chi connectivity index (χ0n) is 13.4. The molecule has 0 saturated carbocycles. The van der Waals surface area contributed by atoms with Gasteiger partial charge in [-0.3, -0.25) is 0 Å². The fourth-order valence-electron chi connectivity index (χ4n) is 3.39. The van der Waals surface area contributed by atoms with Crippen LogP contribution >= 0.6 is 11.3 Å². The topological polar surface area (TPSA) is 37.4 Å². The molecule has 1 N–H and O–H groups in total. The van der Waals surface area contributed by atoms with Crippen LogP contribution in [-0.2, 0) is 11.2 Å². The van der Waals surface area contributed by atoms with E-state index in [0.29, 0.717) is 18.2 Å². The van der Waals surface area contributed by atoms with E-state index >= 15 is 0 Å². The summed E-state index contributed by atoms with van der Waals surface area (Å²) in [6.45, 7) is 9.40. The van der Waals surface area contributed by atoms with Crippen LogP contribution in [0.3, 0.4) is 0 Å². The zero-order valence-corrected chi connectivity index (χ0v) is 14.2. The minimum Gasteiger partial charge on any atom is -0.375 e. The molecule has 1 aromatic rings. The van der Waals surface area contributed by atoms with Crippen molar-refractivity contribution in [2.75, 3.05) is 24.6 Å². The lowest BCUT2D eigenvalue weighted by molar-refractivity contribution is 0.0299. The molecule has 1 fully saturated rings. The van der Waals surface area contributed by atoms with Gasteiger partial charge in [0.2, 0.25) is 0 Å². The third kappa shape index (κ3) is 3.10. The molecule has 4 nitrogen and oxygen atoms in total. The summed E-state index contributed by atoms with van der Waals surface area (Å²) in [5.41, 5.74) is 1.32. The Hall–Kier alpha value is -0.650. The summed E-state index contributed by atoms with van der Waals surface area (Å²) in [6, 6.07) is 0.939. The first kappa shape index (κ1) is 15.3. The van der Waals surface area contributed by atoms with Gasteiger partial charge in [-0.15, -0.1) is 11.3 Å². The summed E-state index contributed by atoms with van der Waals surface area (Å²) in [5.74, 6) is 0. The number of rotatable bonds is 4. The van der Waals surface area contributed by atoms with Gasteiger partial charge in [0.05, 0.1) is 30.5 Å². The van der Waals surface area contributed by atoms with E-state index in [4.69, 9.17) is 9.72 Å². The van der Waals surface area contributed by atoms with E-state index in [9.17, 15) is 0 Å². The van der Waals surface area contributed by atoms with E-state index < -0.39 is 0 Å². The monoisotopic (exact) mass is 309 g/mol. The SMILES string of the molecule is CCNC1CCCc2sc(N3CC(C)OCC3CC)nc21. The first-order chi connectivity index (χ1) is 10.2. The van der Waals surface area contributed by atoms with Crippen LogP contribution in [-0.4, -0.2) is 36.8 Å². The van der Waals surface area contributed by atoms with Gasteiger partial charge in [-0.1, -0.05) is 13.8 Å². The molecule has 1 aliphatic carbocycles. The van der Waals surface area contributed by atoms with E-state index in [1.807, 2.05) is 11.3 Å². The lowest BCUT2D eigenvalue weighted by atomic mass is 9.98. The first-order valence-electron chi connectivity index (χ1n) is 8.34. The molecule has 0 bridgehead atoms. The summed E-state index contributed by atoms with van der Waals surface area (Å²) in [7, 11) is 0. The predicted molar refractivity (Wildman–Crippen MR) is 88.3 cm³/mol. The van der Waals surface area contributed by atoms with Gasteiger partial charge in [-0.2, -0.15) is 0 Å². The fourth-order valence-corrected chi connectivity index (χ4v) is 4.63. The number of hydrogen-bond acceptors (Lipinski definition) is 5. The maximum Gasteiger partial charge on any atom is 0.186 e. The van der Waals surface area contributed by atoms with Crippen LogP contribution in [0.4, 0.5) is 5.13 Å². The number of morpholine rings is 1. The molecular formula is C16H27N3OS. The number of nitrogens with zero attached hydrogens (tertiary/aromatic N) is 2. The maximum absolute atomic E-state index is 5.82. The summed E-state index contributed by atoms with van der Waals surface area (Å²) in [6.07, 6.45) is 5.13. The molecule has 3 rings (SSSR count). The quantitative estimate of drug-likeness (QED) is 0.927. The zero-order chi connectivity index (χ0) is 14.8. The van der Waals surface area contributed by atoms with Crippen molar-refractivity contribution in [1.29, 1.82) is 0 Å². The van der Waals surface area contributed by atoms with Crippen LogP contribution in [0.5, 0.6) is 0 Å². The number of thiazole rings is 1. The molecule has 5 heteroatoms. The van der Waals surface area contributed by atoms with Crippen molar-refractivity contribution in [2.24, 2.45) is 0 Å². The van der Waals surface area contributed by atoms with Crippen LogP contribution in [0.25, 0.3) is 0 Å². The van der Waals surface area contributed by atoms with Gasteiger partial charge >= 0.3 is 0 Å². The average Bonchev–Trinajstić information content (AvgIpc) is 2.92. The molecule has 1 aliphatic heterocycles. The number of hydrogen-bond donors (Lipinski definition) is 1. The van der Waals surface area contributed by atoms with Gasteiger partial charge in [0.1, 0.15) is 0 Å². The van der Waals surface area contributed by atoms with Crippen LogP contribution < -0.4 is 10.2 Å². The first-order valence-corrected chi connectivity index (χ1v) is 9.15. The van der Waals surface area contributed by atoms with Gasteiger partial charge in [0, 0.05) is 11.4 Å². The predicted octanol–water partition coefficient (Wildman–Crippen LogP) is 3.13. The fraction of sp³-hybridized carbons (Fsp3) is 0.812. The third-order valence-corrected chi connectivity index (χ3v) is 5.75. The normalized spacial score (nSPS) is 29.5. The van der Waals surface area contributed by atoms with Crippen molar-refractivity contribution < 1.29 is 4.74 Å². The van der Waals surface area contributed by atoms with Crippen molar-refractivity contribution in [3.8, 4) is 0 Å². The number of nitrogens with one attached hydrogen (secondary N) is 1. The second kappa shape index (κ2) is 6.63. The third-order valence-electron chi connectivity index (χ3n) is 4.58. The summed E-state index contributed by atoms with van der Waals surface area (Å²) >= 11 is 1.91. The number of fused-ring (bicyclic) bond motifs is 1. The van der Waals surface area contributed by atoms with E-state index in [2.05, 4.69) is 31.0 Å². The lowest BCUT2D eigenvalue weighted by Crippen LogP contribution is -2.48. The number of aromatic nitrogens is 1. The molecule has 0 aromatic carbocycles. The molecule has 3 atom stereocenters. The second-order valence-electron chi connectivity index (χ2n) is 6.17. The minimum atomic E-state index is 0.304. The molecule has 3 unspecified atom stereocenters. The Balaban J connectivity index is 1.85. The van der Waals surface area contributed by atoms with Gasteiger partial charge in [0.15, 0.2) is 5.13 Å². The van der Waals surface area contributed by atoms with Crippen LogP contribution in [0.1, 0.15) is 56.6 Å². The minimum absolute atomic E-state index is 0.304. The van der Waals surface area contributed by atoms with Crippen molar-refractivity contribution in [1.82, 2.24) is 10.3 Å². The molecular weight excluding hydrogens is 282 g/mol. The molecule has 118 valence electrons. The molecule has 2 heterocycles. The van der Waals surface area contributed by atoms with Crippen molar-refractivity contribution >= 4 is 16.5 Å². The Labute approximate surface area is 131 Å². The average molecular weight is 309 g/mol. The van der Waals surface area contributed by atoms with E-state index in [-0.39, 0.29) is 0 Å². The molecule has 1 aromatic heterocycles. The molecule has 0 radical (unpaired) electrons. The van der Waals surface area contributed by atoms with E-state index in [0.717, 1.165) is 26.1 Å². The Morgan fingerprint density at radius 2 is 2.29 bits per heavy atom. The smallest absolute Gasteiger partial charge is 0.186 e. The summed E-state index contributed by atoms with van der Waals surface area (Å²) in [5, 5.41) is 4.81. The van der Waals surface area contributed by atoms with Gasteiger partial charge in [-0.05, 0) is 39.2 Å². The number of ether oxygens (including phenoxy) is 1. The molecule has 0 amide bonds. The van der Waals surface area contributed by atoms with Gasteiger partial charge in [0.25, 0.3) is 0 Å². The summed E-state index contributed by atoms with van der Waals surface area (Å²) < 4.78 is 5.82. The second-order valence-corrected chi connectivity index (χ2v) is 7.23. The molecule has 1 saturated heterocycles. The highest BCUT2D eigenvalue weighted by atomic mass is 32.1. The van der Waals surface area contributed by atoms with Crippen LogP contribution in [0.15, 0.2) is 0 Å². The van der Waals surface area contributed by atoms with E-state index in [1.165, 1.54) is 35.0 Å². The van der Waals surface area contributed by atoms with Crippen molar-refractivity contribution in [2.45, 2.75) is 64.6 Å². The molecule has 0 spiro atoms. The van der Waals surface area contributed by atoms with Crippen molar-refractivity contribution in [3.05, 3.63) is 10.6 Å². The lowest BCUT2D eigenvalue weighted by Gasteiger charge is -2.38. The van der Waals surface area contributed by atoms with Gasteiger partial charge < -0.3 is 15.0 Å². The summed E-state index contributed by atoms with van der Waals surface area (Å²) in [4.78, 5) is 9.02. The number of anilines is 1. The largest absolute Gasteiger partial charge is 0.375 e. The van der Waals surface area contributed by atoms with Gasteiger partial charge in [-0.25, -0.2) is 4.98 Å². The number of aryl methyl sites for hydroxylation is 1. The Kier molecular flexibility index (Phi) is 4.82. The van der Waals surface area contributed by atoms with Crippen LogP contribution in [0.2, 0.25) is 0 Å². The van der Waals surface area contributed by atoms with Crippen molar-refractivity contribution in [3.63, 3.8) is 0 Å². The standard InChI is InChI=1S/C16H27N3OS/c1-4-12-10-20-11(3)9-19(12)16-18-15-13(17-5-2)7-6-8-14(15)21-16/h11-13,17H,4-10H2,1-3H3. The Morgan fingerprint density at radius 1 is 1.43 bits per heavy atom. The Bertz CT molecular complexity index is 476. The van der Waals surface area contributed by atoms with E-state index in [1.54, 1.807) is 0 Å². The molecule has 2 aliphatic rings. The maximum atomic E-state index is 5.82. The highest BCUT2D eigenvalue weighted by Gasteiger charge is 2.31. The molecule has 21 heavy (non-hydrogen) atoms. The Morgan fingerprint density at radius 3 is 3.05 bits per heavy atom. The highest BCUT2D eigenvalue weighted by molar-refractivity contribution is 7.15. The highest BCUT2D eigenvalue weighted by Crippen LogP contribution is 2.38. The van der Waals surface area contributed by atoms with Crippen LogP contribution in [0, 0.1) is 0 Å².